The fraction of sp³-hybridized carbons (Fsp3) is 0.805. The summed E-state index contributed by atoms with van der Waals surface area (Å²) in [5.41, 5.74) is 0. The third kappa shape index (κ3) is 69.5. The van der Waals surface area contributed by atoms with E-state index in [-0.39, 0.29) is 31.1 Å². The molecular formula is C77H138O6. The van der Waals surface area contributed by atoms with Crippen molar-refractivity contribution in [3.63, 3.8) is 0 Å². The third-order valence-electron chi connectivity index (χ3n) is 16.2. The van der Waals surface area contributed by atoms with E-state index in [2.05, 4.69) is 93.7 Å². The molecule has 0 saturated carbocycles. The number of carbonyl (C=O) groups is 3. The smallest absolute Gasteiger partial charge is 0.306 e. The Kier molecular flexibility index (Phi) is 68.6. The fourth-order valence-corrected chi connectivity index (χ4v) is 10.8. The van der Waals surface area contributed by atoms with Gasteiger partial charge in [-0.3, -0.25) is 14.4 Å². The van der Waals surface area contributed by atoms with Gasteiger partial charge >= 0.3 is 17.9 Å². The second-order valence-electron chi connectivity index (χ2n) is 24.5. The maximum absolute atomic E-state index is 12.9. The van der Waals surface area contributed by atoms with E-state index in [1.807, 2.05) is 0 Å². The van der Waals surface area contributed by atoms with Crippen LogP contribution < -0.4 is 0 Å². The fourth-order valence-electron chi connectivity index (χ4n) is 10.8. The normalized spacial score (nSPS) is 12.5. The van der Waals surface area contributed by atoms with Crippen molar-refractivity contribution in [2.24, 2.45) is 0 Å². The quantitative estimate of drug-likeness (QED) is 0.0261. The topological polar surface area (TPSA) is 78.9 Å². The van der Waals surface area contributed by atoms with E-state index in [1.54, 1.807) is 0 Å². The Morgan fingerprint density at radius 3 is 0.735 bits per heavy atom. The first-order chi connectivity index (χ1) is 41.0. The number of allylic oxidation sites excluding steroid dienone is 12. The van der Waals surface area contributed by atoms with E-state index in [0.717, 1.165) is 89.9 Å². The van der Waals surface area contributed by atoms with Crippen LogP contribution in [0.5, 0.6) is 0 Å². The molecule has 0 radical (unpaired) electrons. The largest absolute Gasteiger partial charge is 0.462 e. The zero-order valence-corrected chi connectivity index (χ0v) is 55.5. The van der Waals surface area contributed by atoms with E-state index >= 15 is 0 Å². The molecule has 0 fully saturated rings. The van der Waals surface area contributed by atoms with Crippen molar-refractivity contribution >= 4 is 17.9 Å². The molecule has 0 aromatic carbocycles. The minimum absolute atomic E-state index is 0.0696. The van der Waals surface area contributed by atoms with Gasteiger partial charge in [-0.25, -0.2) is 0 Å². The van der Waals surface area contributed by atoms with Gasteiger partial charge in [-0.15, -0.1) is 0 Å². The summed E-state index contributed by atoms with van der Waals surface area (Å²) in [7, 11) is 0. The molecule has 0 aliphatic heterocycles. The molecule has 0 bridgehead atoms. The molecule has 0 heterocycles. The average molecular weight is 1160 g/mol. The highest BCUT2D eigenvalue weighted by Crippen LogP contribution is 2.18. The molecule has 0 aromatic rings. The molecule has 83 heavy (non-hydrogen) atoms. The monoisotopic (exact) mass is 1160 g/mol. The highest BCUT2D eigenvalue weighted by molar-refractivity contribution is 5.71. The van der Waals surface area contributed by atoms with Gasteiger partial charge in [0.05, 0.1) is 0 Å². The summed E-state index contributed by atoms with van der Waals surface area (Å²) >= 11 is 0. The zero-order valence-electron chi connectivity index (χ0n) is 55.5. The van der Waals surface area contributed by atoms with E-state index in [0.29, 0.717) is 19.3 Å². The van der Waals surface area contributed by atoms with Gasteiger partial charge in [-0.2, -0.15) is 0 Å². The summed E-state index contributed by atoms with van der Waals surface area (Å²) in [4.78, 5) is 38.2. The molecule has 0 rings (SSSR count). The lowest BCUT2D eigenvalue weighted by Gasteiger charge is -2.18. The number of unbranched alkanes of at least 4 members (excludes halogenated alkanes) is 44. The van der Waals surface area contributed by atoms with E-state index in [9.17, 15) is 14.4 Å². The van der Waals surface area contributed by atoms with Crippen molar-refractivity contribution in [3.8, 4) is 0 Å². The van der Waals surface area contributed by atoms with Crippen LogP contribution in [0.1, 0.15) is 380 Å². The number of rotatable bonds is 67. The average Bonchev–Trinajstić information content (AvgIpc) is 3.50. The van der Waals surface area contributed by atoms with Crippen molar-refractivity contribution < 1.29 is 28.6 Å². The van der Waals surface area contributed by atoms with Crippen LogP contribution in [0.3, 0.4) is 0 Å². The van der Waals surface area contributed by atoms with Crippen LogP contribution in [0.2, 0.25) is 0 Å². The summed E-state index contributed by atoms with van der Waals surface area (Å²) in [6.45, 7) is 6.53. The first-order valence-corrected chi connectivity index (χ1v) is 36.4. The van der Waals surface area contributed by atoms with Crippen molar-refractivity contribution in [3.05, 3.63) is 72.9 Å². The molecule has 0 amide bonds. The Morgan fingerprint density at radius 1 is 0.253 bits per heavy atom. The van der Waals surface area contributed by atoms with Crippen LogP contribution in [0.25, 0.3) is 0 Å². The van der Waals surface area contributed by atoms with E-state index in [4.69, 9.17) is 14.2 Å². The minimum Gasteiger partial charge on any atom is -0.462 e. The van der Waals surface area contributed by atoms with Gasteiger partial charge in [0.1, 0.15) is 13.2 Å². The first-order valence-electron chi connectivity index (χ1n) is 36.4. The molecule has 0 N–H and O–H groups in total. The first kappa shape index (κ1) is 79.8. The molecule has 0 spiro atoms. The number of carbonyl (C=O) groups excluding carboxylic acids is 3. The van der Waals surface area contributed by atoms with Gasteiger partial charge in [0.15, 0.2) is 6.10 Å². The second-order valence-corrected chi connectivity index (χ2v) is 24.5. The molecule has 0 aliphatic carbocycles. The highest BCUT2D eigenvalue weighted by Gasteiger charge is 2.19. The lowest BCUT2D eigenvalue weighted by molar-refractivity contribution is -0.167. The molecule has 6 heteroatoms. The SMILES string of the molecule is CC/C=C\C/C=C\C/C=C\C/C=C\CCCCCCCCCCCCCCCCCCCCC(=O)OCC(COC(=O)CCCCCCCCC)OC(=O)CCCCCCCCCCCCCCCCC/C=C\C/C=C\CCCCCCC. The standard InChI is InChI=1S/C77H138O6/c1-4-7-10-13-16-18-20-22-24-26-28-30-32-34-36-37-38-39-41-42-44-46-48-50-52-54-56-58-61-64-67-70-76(79)82-73-74(72-81-75(78)69-66-63-60-15-12-9-6-3)83-77(80)71-68-65-62-59-57-55-53-51-49-47-45-43-40-35-33-31-29-27-25-23-21-19-17-14-11-8-5-2/h7,10,16,18,21-24,27-30,74H,4-6,8-9,11-15,17,19-20,25-26,31-73H2,1-3H3/b10-7-,18-16-,23-21-,24-22-,29-27-,30-28-. The van der Waals surface area contributed by atoms with Gasteiger partial charge in [0.2, 0.25) is 0 Å². The summed E-state index contributed by atoms with van der Waals surface area (Å²) in [5.74, 6) is -0.854. The Labute approximate surface area is 516 Å². The van der Waals surface area contributed by atoms with Crippen molar-refractivity contribution in [2.75, 3.05) is 13.2 Å². The van der Waals surface area contributed by atoms with Gasteiger partial charge in [0.25, 0.3) is 0 Å². The molecule has 1 atom stereocenters. The van der Waals surface area contributed by atoms with Gasteiger partial charge in [0, 0.05) is 19.3 Å². The lowest BCUT2D eigenvalue weighted by atomic mass is 10.0. The summed E-state index contributed by atoms with van der Waals surface area (Å²) in [6.07, 6.45) is 94.0. The number of hydrogen-bond acceptors (Lipinski definition) is 6. The third-order valence-corrected chi connectivity index (χ3v) is 16.2. The lowest BCUT2D eigenvalue weighted by Crippen LogP contribution is -2.30. The number of hydrogen-bond donors (Lipinski definition) is 0. The van der Waals surface area contributed by atoms with Gasteiger partial charge in [-0.1, -0.05) is 344 Å². The molecule has 1 unspecified atom stereocenters. The molecule has 482 valence electrons. The van der Waals surface area contributed by atoms with Crippen molar-refractivity contribution in [2.45, 2.75) is 386 Å². The van der Waals surface area contributed by atoms with Crippen LogP contribution in [-0.2, 0) is 28.6 Å². The summed E-state index contributed by atoms with van der Waals surface area (Å²) in [5, 5.41) is 0. The molecule has 0 aromatic heterocycles. The Balaban J connectivity index is 4.01. The summed E-state index contributed by atoms with van der Waals surface area (Å²) in [6, 6.07) is 0. The predicted octanol–water partition coefficient (Wildman–Crippen LogP) is 25.2. The molecule has 0 saturated heterocycles. The van der Waals surface area contributed by atoms with Gasteiger partial charge < -0.3 is 14.2 Å². The number of esters is 3. The zero-order chi connectivity index (χ0) is 59.9. The molecule has 0 aliphatic rings. The van der Waals surface area contributed by atoms with Crippen LogP contribution in [0.15, 0.2) is 72.9 Å². The molecular weight excluding hydrogens is 1020 g/mol. The number of ether oxygens (including phenoxy) is 3. The Bertz CT molecular complexity index is 1520. The Morgan fingerprint density at radius 2 is 0.470 bits per heavy atom. The maximum Gasteiger partial charge on any atom is 0.306 e. The van der Waals surface area contributed by atoms with Crippen LogP contribution >= 0.6 is 0 Å². The predicted molar refractivity (Wildman–Crippen MR) is 362 cm³/mol. The highest BCUT2D eigenvalue weighted by atomic mass is 16.6. The molecule has 6 nitrogen and oxygen atoms in total. The Hall–Kier alpha value is -3.15. The van der Waals surface area contributed by atoms with Crippen LogP contribution in [0.4, 0.5) is 0 Å². The van der Waals surface area contributed by atoms with E-state index in [1.165, 1.54) is 250 Å². The maximum atomic E-state index is 12.9. The second kappa shape index (κ2) is 71.3. The van der Waals surface area contributed by atoms with Crippen molar-refractivity contribution in [1.29, 1.82) is 0 Å². The summed E-state index contributed by atoms with van der Waals surface area (Å²) < 4.78 is 16.9. The minimum atomic E-state index is -0.771. The van der Waals surface area contributed by atoms with Crippen LogP contribution in [-0.4, -0.2) is 37.2 Å². The van der Waals surface area contributed by atoms with E-state index < -0.39 is 6.10 Å². The van der Waals surface area contributed by atoms with Crippen LogP contribution in [0, 0.1) is 0 Å². The van der Waals surface area contributed by atoms with Crippen molar-refractivity contribution in [1.82, 2.24) is 0 Å². The van der Waals surface area contributed by atoms with Gasteiger partial charge in [-0.05, 0) is 89.9 Å².